The summed E-state index contributed by atoms with van der Waals surface area (Å²) in [5.74, 6) is 0.662. The zero-order valence-electron chi connectivity index (χ0n) is 18.9. The fraction of sp³-hybridized carbons (Fsp3) is 0.360. The number of aryl methyl sites for hydroxylation is 2. The zero-order chi connectivity index (χ0) is 24.1. The van der Waals surface area contributed by atoms with Crippen LogP contribution < -0.4 is 15.4 Å². The molecule has 1 unspecified atom stereocenters. The third kappa shape index (κ3) is 6.33. The maximum atomic E-state index is 12.7. The lowest BCUT2D eigenvalue weighted by molar-refractivity contribution is -0.116. The van der Waals surface area contributed by atoms with E-state index in [1.165, 1.54) is 12.8 Å². The summed E-state index contributed by atoms with van der Waals surface area (Å²) in [6.07, 6.45) is 5.95. The number of aromatic nitrogens is 2. The van der Waals surface area contributed by atoms with Crippen molar-refractivity contribution in [3.05, 3.63) is 62.7 Å². The summed E-state index contributed by atoms with van der Waals surface area (Å²) in [6, 6.07) is 11.5. The van der Waals surface area contributed by atoms with Crippen LogP contribution in [0.2, 0.25) is 10.0 Å². The van der Waals surface area contributed by atoms with Crippen molar-refractivity contribution in [3.8, 4) is 17.0 Å². The van der Waals surface area contributed by atoms with Crippen molar-refractivity contribution in [1.82, 2.24) is 15.1 Å². The van der Waals surface area contributed by atoms with E-state index in [1.807, 2.05) is 31.3 Å². The molecule has 2 N–H and O–H groups in total. The second-order valence-electron chi connectivity index (χ2n) is 8.39. The summed E-state index contributed by atoms with van der Waals surface area (Å²) in [4.78, 5) is 12.7. The van der Waals surface area contributed by atoms with Crippen molar-refractivity contribution in [1.29, 1.82) is 0 Å². The van der Waals surface area contributed by atoms with Gasteiger partial charge in [-0.25, -0.2) is 0 Å². The second kappa shape index (κ2) is 11.6. The first-order valence-electron chi connectivity index (χ1n) is 11.3. The molecule has 0 bridgehead atoms. The minimum absolute atomic E-state index is 0.0954. The summed E-state index contributed by atoms with van der Waals surface area (Å²) in [7, 11) is 1.88. The number of ether oxygens (including phenoxy) is 1. The van der Waals surface area contributed by atoms with Gasteiger partial charge in [-0.3, -0.25) is 9.48 Å². The van der Waals surface area contributed by atoms with Gasteiger partial charge in [0.15, 0.2) is 0 Å². The number of carbonyl (C=O) groups is 1. The molecule has 180 valence electrons. The predicted molar refractivity (Wildman–Crippen MR) is 141 cm³/mol. The standard InChI is InChI=1S/C25H27BrCl2N4O2/c1-32-25(21(26)15-30-32)20-14-19(7-8-23(20)34-12-10-18-3-2-11-29-18)31-24(33)9-5-16-4-6-17(27)13-22(16)28/h4,6-8,13-15,18,29H,2-3,5,9-12H2,1H3,(H,31,33). The average Bonchev–Trinajstić information content (AvgIpc) is 3.43. The number of carbonyl (C=O) groups excluding carboxylic acids is 1. The molecule has 9 heteroatoms. The van der Waals surface area contributed by atoms with Crippen molar-refractivity contribution >= 4 is 50.7 Å². The third-order valence-electron chi connectivity index (χ3n) is 5.94. The molecule has 3 aromatic rings. The Labute approximate surface area is 218 Å². The van der Waals surface area contributed by atoms with Crippen molar-refractivity contribution in [2.75, 3.05) is 18.5 Å². The van der Waals surface area contributed by atoms with Gasteiger partial charge in [0.2, 0.25) is 5.91 Å². The number of nitrogens with one attached hydrogen (secondary N) is 2. The maximum absolute atomic E-state index is 12.7. The summed E-state index contributed by atoms with van der Waals surface area (Å²) >= 11 is 15.8. The van der Waals surface area contributed by atoms with Gasteiger partial charge >= 0.3 is 0 Å². The van der Waals surface area contributed by atoms with Gasteiger partial charge in [-0.1, -0.05) is 29.3 Å². The highest BCUT2D eigenvalue weighted by Crippen LogP contribution is 2.37. The van der Waals surface area contributed by atoms with E-state index in [-0.39, 0.29) is 5.91 Å². The maximum Gasteiger partial charge on any atom is 0.224 e. The number of rotatable bonds is 9. The van der Waals surface area contributed by atoms with Crippen molar-refractivity contribution < 1.29 is 9.53 Å². The van der Waals surface area contributed by atoms with Crippen LogP contribution in [0.4, 0.5) is 5.69 Å². The van der Waals surface area contributed by atoms with Gasteiger partial charge < -0.3 is 15.4 Å². The van der Waals surface area contributed by atoms with Gasteiger partial charge in [-0.05, 0) is 84.1 Å². The van der Waals surface area contributed by atoms with E-state index in [0.717, 1.165) is 40.0 Å². The normalized spacial score (nSPS) is 15.5. The monoisotopic (exact) mass is 564 g/mol. The first-order chi connectivity index (χ1) is 16.4. The number of hydrogen-bond donors (Lipinski definition) is 2. The van der Waals surface area contributed by atoms with E-state index >= 15 is 0 Å². The average molecular weight is 566 g/mol. The van der Waals surface area contributed by atoms with Crippen LogP contribution in [0, 0.1) is 0 Å². The molecule has 4 rings (SSSR count). The molecule has 2 aromatic carbocycles. The molecule has 34 heavy (non-hydrogen) atoms. The molecule has 0 saturated carbocycles. The van der Waals surface area contributed by atoms with Gasteiger partial charge in [0.25, 0.3) is 0 Å². The number of amides is 1. The molecule has 1 aliphatic heterocycles. The van der Waals surface area contributed by atoms with Crippen LogP contribution in [-0.4, -0.2) is 34.9 Å². The van der Waals surface area contributed by atoms with E-state index in [1.54, 1.807) is 23.0 Å². The van der Waals surface area contributed by atoms with Crippen LogP contribution in [0.3, 0.4) is 0 Å². The van der Waals surface area contributed by atoms with E-state index in [9.17, 15) is 4.79 Å². The Bertz CT molecular complexity index is 1140. The molecule has 0 spiro atoms. The molecular weight excluding hydrogens is 539 g/mol. The molecule has 0 radical (unpaired) electrons. The first-order valence-corrected chi connectivity index (χ1v) is 12.9. The number of hydrogen-bond acceptors (Lipinski definition) is 4. The highest BCUT2D eigenvalue weighted by atomic mass is 79.9. The highest BCUT2D eigenvalue weighted by molar-refractivity contribution is 9.10. The summed E-state index contributed by atoms with van der Waals surface area (Å²) in [6.45, 7) is 1.70. The SMILES string of the molecule is Cn1ncc(Br)c1-c1cc(NC(=O)CCc2ccc(Cl)cc2Cl)ccc1OCCC1CCCN1. The lowest BCUT2D eigenvalue weighted by Crippen LogP contribution is -2.23. The molecule has 0 aliphatic carbocycles. The number of benzene rings is 2. The van der Waals surface area contributed by atoms with Crippen molar-refractivity contribution in [2.24, 2.45) is 7.05 Å². The highest BCUT2D eigenvalue weighted by Gasteiger charge is 2.18. The minimum atomic E-state index is -0.0954. The van der Waals surface area contributed by atoms with E-state index < -0.39 is 0 Å². The number of anilines is 1. The van der Waals surface area contributed by atoms with Gasteiger partial charge in [-0.15, -0.1) is 0 Å². The molecule has 1 atom stereocenters. The Morgan fingerprint density at radius 1 is 1.29 bits per heavy atom. The molecule has 6 nitrogen and oxygen atoms in total. The Hall–Kier alpha value is -2.06. The van der Waals surface area contributed by atoms with Crippen LogP contribution in [-0.2, 0) is 18.3 Å². The van der Waals surface area contributed by atoms with Gasteiger partial charge in [0, 0.05) is 40.8 Å². The van der Waals surface area contributed by atoms with Gasteiger partial charge in [0.05, 0.1) is 23.0 Å². The van der Waals surface area contributed by atoms with Crippen LogP contribution >= 0.6 is 39.1 Å². The molecule has 1 amide bonds. The molecule has 2 heterocycles. The summed E-state index contributed by atoms with van der Waals surface area (Å²) in [5, 5.41) is 12.0. The molecule has 1 aromatic heterocycles. The summed E-state index contributed by atoms with van der Waals surface area (Å²) in [5.41, 5.74) is 3.34. The van der Waals surface area contributed by atoms with Crippen LogP contribution in [0.25, 0.3) is 11.3 Å². The summed E-state index contributed by atoms with van der Waals surface area (Å²) < 4.78 is 8.83. The fourth-order valence-corrected chi connectivity index (χ4v) is 5.21. The van der Waals surface area contributed by atoms with E-state index in [0.29, 0.717) is 41.2 Å². The number of nitrogens with zero attached hydrogens (tertiary/aromatic N) is 2. The van der Waals surface area contributed by atoms with Crippen molar-refractivity contribution in [2.45, 2.75) is 38.1 Å². The Morgan fingerprint density at radius 3 is 2.85 bits per heavy atom. The van der Waals surface area contributed by atoms with E-state index in [2.05, 4.69) is 31.7 Å². The molecule has 1 saturated heterocycles. The van der Waals surface area contributed by atoms with Crippen LogP contribution in [0.15, 0.2) is 47.1 Å². The largest absolute Gasteiger partial charge is 0.493 e. The topological polar surface area (TPSA) is 68.2 Å². The molecule has 1 aliphatic rings. The molecule has 1 fully saturated rings. The van der Waals surface area contributed by atoms with Gasteiger partial charge in [0.1, 0.15) is 5.75 Å². The van der Waals surface area contributed by atoms with Crippen LogP contribution in [0.1, 0.15) is 31.2 Å². The Balaban J connectivity index is 1.46. The zero-order valence-corrected chi connectivity index (χ0v) is 22.0. The lowest BCUT2D eigenvalue weighted by Gasteiger charge is -2.16. The Morgan fingerprint density at radius 2 is 2.15 bits per heavy atom. The third-order valence-corrected chi connectivity index (χ3v) is 7.10. The minimum Gasteiger partial charge on any atom is -0.493 e. The predicted octanol–water partition coefficient (Wildman–Crippen LogP) is 6.25. The number of halogens is 3. The molecular formula is C25H27BrCl2N4O2. The van der Waals surface area contributed by atoms with Gasteiger partial charge in [-0.2, -0.15) is 5.10 Å². The Kier molecular flexibility index (Phi) is 8.53. The quantitative estimate of drug-likeness (QED) is 0.322. The van der Waals surface area contributed by atoms with E-state index in [4.69, 9.17) is 27.9 Å². The van der Waals surface area contributed by atoms with Crippen LogP contribution in [0.5, 0.6) is 5.75 Å². The second-order valence-corrected chi connectivity index (χ2v) is 10.1. The van der Waals surface area contributed by atoms with Crippen molar-refractivity contribution in [3.63, 3.8) is 0 Å². The fourth-order valence-electron chi connectivity index (χ4n) is 4.14. The smallest absolute Gasteiger partial charge is 0.224 e. The first kappa shape index (κ1) is 25.0. The lowest BCUT2D eigenvalue weighted by atomic mass is 10.1.